The quantitative estimate of drug-likeness (QED) is 0.383. The number of hydroxylamine groups is 1. The van der Waals surface area contributed by atoms with Crippen LogP contribution in [0.25, 0.3) is 10.8 Å². The van der Waals surface area contributed by atoms with Gasteiger partial charge in [0.15, 0.2) is 0 Å². The molecular weight excluding hydrogens is 442 g/mol. The number of phenolic OH excluding ortho intramolecular Hbond substituents is 1. The van der Waals surface area contributed by atoms with E-state index in [1.807, 2.05) is 42.5 Å². The van der Waals surface area contributed by atoms with E-state index in [0.29, 0.717) is 5.16 Å². The average molecular weight is 466 g/mol. The molecule has 0 spiro atoms. The number of amides is 2. The highest BCUT2D eigenvalue weighted by atomic mass is 35.5. The largest absolute Gasteiger partial charge is 0.508 e. The van der Waals surface area contributed by atoms with Gasteiger partial charge in [-0.1, -0.05) is 66.2 Å². The summed E-state index contributed by atoms with van der Waals surface area (Å²) in [5, 5.41) is 17.7. The summed E-state index contributed by atoms with van der Waals surface area (Å²) >= 11 is 5.82. The van der Waals surface area contributed by atoms with E-state index in [9.17, 15) is 14.7 Å². The van der Waals surface area contributed by atoms with Crippen LogP contribution in [0.15, 0.2) is 78.0 Å². The number of halogens is 1. The van der Waals surface area contributed by atoms with Crippen molar-refractivity contribution in [2.75, 3.05) is 6.54 Å². The molecule has 1 heterocycles. The van der Waals surface area contributed by atoms with Crippen LogP contribution >= 0.6 is 11.6 Å². The van der Waals surface area contributed by atoms with E-state index in [-0.39, 0.29) is 37.0 Å². The van der Waals surface area contributed by atoms with Crippen molar-refractivity contribution >= 4 is 34.2 Å². The number of rotatable bonds is 8. The molecule has 7 nitrogen and oxygen atoms in total. The second-order valence-corrected chi connectivity index (χ2v) is 8.27. The van der Waals surface area contributed by atoms with Crippen LogP contribution in [0.3, 0.4) is 0 Å². The lowest BCUT2D eigenvalue weighted by Crippen LogP contribution is -2.49. The molecule has 2 atom stereocenters. The number of benzene rings is 3. The number of hydrogen-bond acceptors (Lipinski definition) is 5. The Morgan fingerprint density at radius 3 is 2.48 bits per heavy atom. The number of hydrogen-bond donors (Lipinski definition) is 4. The van der Waals surface area contributed by atoms with Crippen LogP contribution < -0.4 is 16.1 Å². The van der Waals surface area contributed by atoms with Crippen LogP contribution in [0.1, 0.15) is 11.1 Å². The van der Waals surface area contributed by atoms with Gasteiger partial charge in [-0.3, -0.25) is 19.9 Å². The molecule has 3 aromatic carbocycles. The van der Waals surface area contributed by atoms with Gasteiger partial charge in [0.2, 0.25) is 11.8 Å². The fourth-order valence-electron chi connectivity index (χ4n) is 3.64. The average Bonchev–Trinajstić information content (AvgIpc) is 3.23. The van der Waals surface area contributed by atoms with Gasteiger partial charge in [0.1, 0.15) is 23.1 Å². The Bertz CT molecular complexity index is 1180. The van der Waals surface area contributed by atoms with Crippen LogP contribution in [-0.2, 0) is 27.3 Å². The Morgan fingerprint density at radius 2 is 1.76 bits per heavy atom. The summed E-state index contributed by atoms with van der Waals surface area (Å²) in [6.45, 7) is 0.203. The van der Waals surface area contributed by atoms with Crippen molar-refractivity contribution in [1.29, 1.82) is 0 Å². The first kappa shape index (κ1) is 22.6. The molecular formula is C25H24ClN3O4. The van der Waals surface area contributed by atoms with E-state index in [1.165, 1.54) is 0 Å². The third-order valence-corrected chi connectivity index (χ3v) is 5.53. The first-order chi connectivity index (χ1) is 16.0. The second kappa shape index (κ2) is 10.4. The van der Waals surface area contributed by atoms with Crippen molar-refractivity contribution in [3.8, 4) is 5.75 Å². The Kier molecular flexibility index (Phi) is 7.12. The van der Waals surface area contributed by atoms with Gasteiger partial charge >= 0.3 is 0 Å². The normalized spacial score (nSPS) is 16.0. The molecule has 0 aliphatic carbocycles. The highest BCUT2D eigenvalue weighted by molar-refractivity contribution is 6.29. The van der Waals surface area contributed by atoms with Crippen LogP contribution in [0.2, 0.25) is 0 Å². The van der Waals surface area contributed by atoms with E-state index in [2.05, 4.69) is 16.1 Å². The molecule has 170 valence electrons. The SMILES string of the molecule is O=C(Cc1ccc2ccccc2c1)N[C@@H](Cc1ccc(O)cc1)C(=O)NC[C@@H]1C=C(Cl)NO1. The van der Waals surface area contributed by atoms with E-state index in [1.54, 1.807) is 30.3 Å². The van der Waals surface area contributed by atoms with Crippen LogP contribution in [0.5, 0.6) is 5.75 Å². The van der Waals surface area contributed by atoms with Crippen molar-refractivity contribution in [1.82, 2.24) is 16.1 Å². The number of fused-ring (bicyclic) bond motifs is 1. The minimum Gasteiger partial charge on any atom is -0.508 e. The van der Waals surface area contributed by atoms with Gasteiger partial charge in [0, 0.05) is 6.42 Å². The molecule has 2 amide bonds. The molecule has 1 aliphatic heterocycles. The number of phenols is 1. The Labute approximate surface area is 196 Å². The Hall–Kier alpha value is -3.55. The Morgan fingerprint density at radius 1 is 1.03 bits per heavy atom. The molecule has 1 aliphatic rings. The number of carbonyl (C=O) groups excluding carboxylic acids is 2. The van der Waals surface area contributed by atoms with Crippen molar-refractivity contribution < 1.29 is 19.5 Å². The van der Waals surface area contributed by atoms with Gasteiger partial charge in [0.25, 0.3) is 0 Å². The Balaban J connectivity index is 1.43. The highest BCUT2D eigenvalue weighted by Gasteiger charge is 2.23. The molecule has 4 N–H and O–H groups in total. The van der Waals surface area contributed by atoms with Gasteiger partial charge < -0.3 is 15.7 Å². The molecule has 0 bridgehead atoms. The van der Waals surface area contributed by atoms with E-state index < -0.39 is 12.1 Å². The minimum atomic E-state index is -0.795. The predicted octanol–water partition coefficient (Wildman–Crippen LogP) is 2.92. The molecule has 0 aromatic heterocycles. The molecule has 33 heavy (non-hydrogen) atoms. The molecule has 0 unspecified atom stereocenters. The predicted molar refractivity (Wildman–Crippen MR) is 126 cm³/mol. The van der Waals surface area contributed by atoms with E-state index >= 15 is 0 Å². The topological polar surface area (TPSA) is 99.7 Å². The molecule has 0 saturated heterocycles. The lowest BCUT2D eigenvalue weighted by atomic mass is 10.0. The summed E-state index contributed by atoms with van der Waals surface area (Å²) < 4.78 is 0. The van der Waals surface area contributed by atoms with E-state index in [4.69, 9.17) is 16.4 Å². The summed E-state index contributed by atoms with van der Waals surface area (Å²) in [6.07, 6.45) is 1.67. The maximum Gasteiger partial charge on any atom is 0.243 e. The third-order valence-electron chi connectivity index (χ3n) is 5.32. The maximum atomic E-state index is 12.9. The summed E-state index contributed by atoms with van der Waals surface area (Å²) in [4.78, 5) is 30.9. The fraction of sp³-hybridized carbons (Fsp3) is 0.200. The lowest BCUT2D eigenvalue weighted by molar-refractivity contribution is -0.129. The zero-order valence-electron chi connectivity index (χ0n) is 17.8. The summed E-state index contributed by atoms with van der Waals surface area (Å²) in [5.41, 5.74) is 4.19. The molecule has 3 aromatic rings. The highest BCUT2D eigenvalue weighted by Crippen LogP contribution is 2.16. The van der Waals surface area contributed by atoms with Crippen molar-refractivity contribution in [3.63, 3.8) is 0 Å². The van der Waals surface area contributed by atoms with Crippen molar-refractivity contribution in [2.24, 2.45) is 0 Å². The zero-order valence-corrected chi connectivity index (χ0v) is 18.5. The second-order valence-electron chi connectivity index (χ2n) is 7.87. The first-order valence-electron chi connectivity index (χ1n) is 10.6. The molecule has 0 saturated carbocycles. The smallest absolute Gasteiger partial charge is 0.243 e. The van der Waals surface area contributed by atoms with Gasteiger partial charge in [-0.25, -0.2) is 0 Å². The third kappa shape index (κ3) is 6.25. The molecule has 4 rings (SSSR count). The van der Waals surface area contributed by atoms with E-state index in [0.717, 1.165) is 21.9 Å². The summed E-state index contributed by atoms with van der Waals surface area (Å²) in [5.74, 6) is -0.462. The van der Waals surface area contributed by atoms with Gasteiger partial charge in [-0.05, 0) is 40.1 Å². The number of nitrogens with one attached hydrogen (secondary N) is 3. The van der Waals surface area contributed by atoms with Crippen LogP contribution in [0, 0.1) is 0 Å². The monoisotopic (exact) mass is 465 g/mol. The van der Waals surface area contributed by atoms with Gasteiger partial charge in [-0.15, -0.1) is 0 Å². The molecule has 8 heteroatoms. The zero-order chi connectivity index (χ0) is 23.2. The minimum absolute atomic E-state index is 0.134. The van der Waals surface area contributed by atoms with Crippen LogP contribution in [0.4, 0.5) is 0 Å². The summed E-state index contributed by atoms with van der Waals surface area (Å²) in [6, 6.07) is 19.5. The van der Waals surface area contributed by atoms with Gasteiger partial charge in [-0.2, -0.15) is 0 Å². The number of aromatic hydroxyl groups is 1. The van der Waals surface area contributed by atoms with Gasteiger partial charge in [0.05, 0.1) is 13.0 Å². The summed E-state index contributed by atoms with van der Waals surface area (Å²) in [7, 11) is 0. The lowest BCUT2D eigenvalue weighted by Gasteiger charge is -2.20. The first-order valence-corrected chi connectivity index (χ1v) is 11.0. The maximum absolute atomic E-state index is 12.9. The van der Waals surface area contributed by atoms with Crippen LogP contribution in [-0.4, -0.2) is 35.6 Å². The molecule has 0 radical (unpaired) electrons. The number of carbonyl (C=O) groups is 2. The van der Waals surface area contributed by atoms with Crippen molar-refractivity contribution in [2.45, 2.75) is 25.0 Å². The molecule has 0 fully saturated rings. The fourth-order valence-corrected chi connectivity index (χ4v) is 3.83. The van der Waals surface area contributed by atoms with Crippen molar-refractivity contribution in [3.05, 3.63) is 89.1 Å². The standard InChI is InChI=1S/C25H24ClN3O4/c26-23-14-21(33-29-23)15-27-25(32)22(12-16-6-9-20(30)10-7-16)28-24(31)13-17-5-8-18-3-1-2-4-19(18)11-17/h1-11,14,21-22,29-30H,12-13,15H2,(H,27,32)(H,28,31)/t21-,22-/m0/s1.